The van der Waals surface area contributed by atoms with Crippen molar-refractivity contribution >= 4 is 130 Å². The van der Waals surface area contributed by atoms with Gasteiger partial charge in [0.1, 0.15) is 61.0 Å². The number of aromatic nitrogens is 1. The smallest absolute Gasteiger partial charge is 0.407 e. The summed E-state index contributed by atoms with van der Waals surface area (Å²) in [7, 11) is 3.02. The van der Waals surface area contributed by atoms with Crippen LogP contribution in [0.15, 0.2) is 107 Å². The summed E-state index contributed by atoms with van der Waals surface area (Å²) in [5.74, 6) is -13.6. The zero-order valence-corrected chi connectivity index (χ0v) is 69.4. The Balaban J connectivity index is 1.19. The Morgan fingerprint density at radius 1 is 0.656 bits per heavy atom. The molecule has 2 heterocycles. The summed E-state index contributed by atoms with van der Waals surface area (Å²) in [5.41, 5.74) is 25.7. The Hall–Kier alpha value is -12.5. The van der Waals surface area contributed by atoms with Gasteiger partial charge in [-0.15, -0.1) is 0 Å². The van der Waals surface area contributed by atoms with E-state index in [1.165, 1.54) is 55.0 Å². The number of carboxylic acid groups (broad SMARTS) is 1. The molecule has 27 N–H and O–H groups in total. The van der Waals surface area contributed by atoms with Crippen molar-refractivity contribution in [3.8, 4) is 0 Å². The van der Waals surface area contributed by atoms with Crippen LogP contribution in [0.2, 0.25) is 0 Å². The number of hydrogen-bond acceptors (Lipinski definition) is 26. The number of urea groups is 1. The topological polar surface area (TPSA) is 668 Å². The van der Waals surface area contributed by atoms with Crippen molar-refractivity contribution in [1.82, 2.24) is 79.0 Å². The third-order valence-electron chi connectivity index (χ3n) is 18.4. The van der Waals surface area contributed by atoms with Crippen molar-refractivity contribution < 1.29 is 96.8 Å². The lowest BCUT2D eigenvalue weighted by Gasteiger charge is -2.28. The second-order valence-electron chi connectivity index (χ2n) is 28.7. The summed E-state index contributed by atoms with van der Waals surface area (Å²) in [6, 6.07) is 8.67. The lowest BCUT2D eigenvalue weighted by molar-refractivity contribution is -0.138. The van der Waals surface area contributed by atoms with Gasteiger partial charge in [-0.25, -0.2) is 9.59 Å². The lowest BCUT2D eigenvalue weighted by Crippen LogP contribution is -2.61. The van der Waals surface area contributed by atoms with E-state index in [1.807, 2.05) is 0 Å². The second kappa shape index (κ2) is 51.8. The van der Waals surface area contributed by atoms with Gasteiger partial charge in [-0.2, -0.15) is 0 Å². The number of carbonyl (C=O) groups is 16. The maximum atomic E-state index is 14.3. The van der Waals surface area contributed by atoms with Crippen LogP contribution in [0.3, 0.4) is 0 Å². The first kappa shape index (κ1) is 100. The van der Waals surface area contributed by atoms with Gasteiger partial charge in [0.05, 0.1) is 41.4 Å². The molecule has 1 fully saturated rings. The number of likely N-dealkylation sites (N-methyl/N-ethyl adjacent to an activating group) is 1. The van der Waals surface area contributed by atoms with Crippen LogP contribution >= 0.6 is 11.8 Å². The number of aliphatic carboxylic acids is 1. The number of anilines is 2. The first-order chi connectivity index (χ1) is 58.1. The molecule has 5 unspecified atom stereocenters. The van der Waals surface area contributed by atoms with Gasteiger partial charge in [-0.05, 0) is 163 Å². The molecular weight excluding hydrogens is 1610 g/mol. The molecule has 664 valence electrons. The summed E-state index contributed by atoms with van der Waals surface area (Å²) in [4.78, 5) is 223. The molecule has 3 aromatic carbocycles. The first-order valence-corrected chi connectivity index (χ1v) is 40.2. The zero-order valence-electron chi connectivity index (χ0n) is 68.6. The molecule has 11 atom stereocenters. The number of benzene rings is 3. The number of aliphatic hydroxyl groups is 2. The molecule has 1 saturated heterocycles. The largest absolute Gasteiger partial charge is 0.481 e. The summed E-state index contributed by atoms with van der Waals surface area (Å²) in [5, 5.41) is 77.3. The Labute approximate surface area is 708 Å². The standard InChI is InChI=1S/C79H112N22O20S/c1-43(2)39-60-75(116)95-55(27-32-81)71(112)94-57(29-34-83)74(115)100-66(44(3)102)76(117)87-36-30-58(73(114)93-54(26-31-80)69(110)89-41-64(106)92-60)96-72(113)56(28-33-82)97-77(118)67(45(4)103)99-63(105)24-23-62(104)91-53(22-25-65(107)108)70(111)90-48-16-14-46(15-17-48)42-121-79(120)88-37-38-101(6)78(119)98-59-40-49(122-61-13-8-7-12-51(61)68(109)85-5)19-20-50(59)52(84)21-18-47-11-9-10-35-86-47/h7-21,35,40,43-45,53-58,60,66-67,84,102-103H,22-34,36-39,41-42,80-83H2,1-6H3,(H,85,109)(H,87,117)(H,88,120)(H,89,110)(H,90,111)(H,91,104)(H,92,106)(H,93,114)(H,94,112)(H,95,116)(H,96,113)(H,97,118)(H,98,119)(H,99,105)(H,100,115)(H,107,108)/b21-18+,84-52?/t44?,45-,53?,54?,55-,56+,57-,58+,60-,66?,67?/m0/s1. The normalized spacial score (nSPS) is 18.3. The van der Waals surface area contributed by atoms with Crippen LogP contribution in [0, 0.1) is 11.3 Å². The maximum absolute atomic E-state index is 14.3. The Morgan fingerprint density at radius 3 is 1.88 bits per heavy atom. The van der Waals surface area contributed by atoms with E-state index in [-0.39, 0.29) is 107 Å². The van der Waals surface area contributed by atoms with Gasteiger partial charge < -0.3 is 133 Å². The third kappa shape index (κ3) is 34.3. The number of allylic oxidation sites excluding steroid dienone is 1. The maximum Gasteiger partial charge on any atom is 0.407 e. The molecule has 1 aliphatic heterocycles. The summed E-state index contributed by atoms with van der Waals surface area (Å²) < 4.78 is 5.37. The fourth-order valence-electron chi connectivity index (χ4n) is 11.8. The predicted octanol–water partition coefficient (Wildman–Crippen LogP) is -3.15. The van der Waals surface area contributed by atoms with E-state index in [1.54, 1.807) is 92.9 Å². The molecule has 1 aliphatic rings. The number of rotatable bonds is 38. The zero-order chi connectivity index (χ0) is 90.1. The van der Waals surface area contributed by atoms with Gasteiger partial charge in [-0.3, -0.25) is 72.1 Å². The fraction of sp³-hybridized carbons (Fsp3) is 0.468. The van der Waals surface area contributed by atoms with E-state index < -0.39 is 201 Å². The number of aliphatic hydroxyl groups excluding tert-OH is 2. The average Bonchev–Trinajstić information content (AvgIpc) is 0.820. The molecule has 0 aliphatic carbocycles. The highest BCUT2D eigenvalue weighted by molar-refractivity contribution is 7.99. The van der Waals surface area contributed by atoms with E-state index in [0.717, 1.165) is 13.8 Å². The number of alkyl carbamates (subject to hydrolysis) is 1. The second-order valence-corrected chi connectivity index (χ2v) is 29.8. The molecule has 1 aromatic heterocycles. The molecule has 4 aromatic rings. The quantitative estimate of drug-likeness (QED) is 0.0197. The van der Waals surface area contributed by atoms with Crippen LogP contribution < -0.4 is 103 Å². The Morgan fingerprint density at radius 2 is 1.27 bits per heavy atom. The van der Waals surface area contributed by atoms with Crippen molar-refractivity contribution in [2.24, 2.45) is 28.9 Å². The minimum atomic E-state index is -1.85. The highest BCUT2D eigenvalue weighted by atomic mass is 32.2. The highest BCUT2D eigenvalue weighted by Crippen LogP contribution is 2.34. The molecule has 5 rings (SSSR count). The van der Waals surface area contributed by atoms with Crippen molar-refractivity contribution in [3.05, 3.63) is 120 Å². The summed E-state index contributed by atoms with van der Waals surface area (Å²) >= 11 is 1.28. The SMILES string of the molecule is CNC(=O)c1ccccc1Sc1ccc(C(=N)/C=C/c2ccccn2)c(NC(=O)N(C)CCNC(=O)OCc2ccc(NC(=O)C(CCC(=O)O)NC(=O)CCC(=O)NC(C(=O)N[C@H](CCN)C(=O)N[C@@H]3CCNC(=O)C(C(C)O)NC(=O)[C@H](CCN)NC(=O)[C@H](CCN)NC(=O)[C@H](CC(C)C)NC(=O)CNC(=O)C(CCN)NC3=O)[C@H](C)O)cc2)c1. The van der Waals surface area contributed by atoms with Gasteiger partial charge in [0.25, 0.3) is 5.91 Å². The number of nitrogens with two attached hydrogens (primary N) is 4. The van der Waals surface area contributed by atoms with E-state index in [4.69, 9.17) is 33.1 Å². The minimum Gasteiger partial charge on any atom is -0.481 e. The van der Waals surface area contributed by atoms with Gasteiger partial charge in [0.15, 0.2) is 0 Å². The molecule has 0 radical (unpaired) electrons. The van der Waals surface area contributed by atoms with Crippen molar-refractivity contribution in [3.63, 3.8) is 0 Å². The van der Waals surface area contributed by atoms with Crippen LogP contribution in [-0.4, -0.2) is 259 Å². The van der Waals surface area contributed by atoms with E-state index in [0.29, 0.717) is 32.2 Å². The number of carbonyl (C=O) groups excluding carboxylic acids is 15. The summed E-state index contributed by atoms with van der Waals surface area (Å²) in [6.07, 6.45) is -3.20. The number of hydrogen-bond donors (Lipinski definition) is 23. The van der Waals surface area contributed by atoms with Crippen molar-refractivity contribution in [2.75, 3.05) is 77.1 Å². The van der Waals surface area contributed by atoms with Crippen LogP contribution in [0.5, 0.6) is 0 Å². The van der Waals surface area contributed by atoms with Crippen LogP contribution in [-0.2, 0) is 73.7 Å². The van der Waals surface area contributed by atoms with Crippen LogP contribution in [0.1, 0.15) is 119 Å². The number of ether oxygens (including phenoxy) is 1. The number of nitrogens with zero attached hydrogens (tertiary/aromatic N) is 2. The van der Waals surface area contributed by atoms with Crippen molar-refractivity contribution in [2.45, 2.75) is 175 Å². The first-order valence-electron chi connectivity index (χ1n) is 39.4. The van der Waals surface area contributed by atoms with E-state index in [9.17, 15) is 92.0 Å². The van der Waals surface area contributed by atoms with E-state index >= 15 is 0 Å². The molecule has 0 bridgehead atoms. The van der Waals surface area contributed by atoms with E-state index in [2.05, 4.69) is 84.7 Å². The Kier molecular flexibility index (Phi) is 42.5. The molecule has 0 spiro atoms. The highest BCUT2D eigenvalue weighted by Gasteiger charge is 2.37. The third-order valence-corrected chi connectivity index (χ3v) is 19.5. The van der Waals surface area contributed by atoms with Gasteiger partial charge in [-0.1, -0.05) is 55.9 Å². The van der Waals surface area contributed by atoms with Crippen molar-refractivity contribution in [1.29, 1.82) is 5.41 Å². The molecule has 122 heavy (non-hydrogen) atoms. The number of amides is 16. The summed E-state index contributed by atoms with van der Waals surface area (Å²) in [6.45, 7) is 3.32. The average molecular weight is 1720 g/mol. The fourth-order valence-corrected chi connectivity index (χ4v) is 12.8. The molecule has 16 amide bonds. The molecule has 42 nitrogen and oxygen atoms in total. The number of pyridine rings is 1. The number of nitrogens with one attached hydrogen (secondary N) is 16. The lowest BCUT2D eigenvalue weighted by atomic mass is 10.0. The Bertz CT molecular complexity index is 4330. The monoisotopic (exact) mass is 1720 g/mol. The van der Waals surface area contributed by atoms with Gasteiger partial charge in [0.2, 0.25) is 70.9 Å². The van der Waals surface area contributed by atoms with Gasteiger partial charge >= 0.3 is 18.1 Å². The van der Waals surface area contributed by atoms with Gasteiger partial charge in [0, 0.05) is 80.2 Å². The molecule has 0 saturated carbocycles. The minimum absolute atomic E-state index is 0.00482. The molecule has 43 heteroatoms. The van der Waals surface area contributed by atoms with Crippen LogP contribution in [0.25, 0.3) is 6.08 Å². The van der Waals surface area contributed by atoms with Crippen LogP contribution in [0.4, 0.5) is 21.0 Å². The molecular formula is C79H112N22O20S. The number of carboxylic acids is 1. The predicted molar refractivity (Wildman–Crippen MR) is 447 cm³/mol.